The van der Waals surface area contributed by atoms with Crippen molar-refractivity contribution in [2.24, 2.45) is 0 Å². The zero-order valence-corrected chi connectivity index (χ0v) is 9.16. The molecule has 0 amide bonds. The van der Waals surface area contributed by atoms with E-state index in [0.717, 1.165) is 18.6 Å². The molecule has 15 heavy (non-hydrogen) atoms. The molecule has 0 spiro atoms. The Morgan fingerprint density at radius 3 is 3.13 bits per heavy atom. The highest BCUT2D eigenvalue weighted by Crippen LogP contribution is 2.12. The third-order valence-electron chi connectivity index (χ3n) is 2.52. The Hall–Kier alpha value is -0.880. The largest absolute Gasteiger partial charge is 0.360 e. The number of rotatable bonds is 3. The fourth-order valence-corrected chi connectivity index (χ4v) is 3.43. The van der Waals surface area contributed by atoms with E-state index >= 15 is 0 Å². The van der Waals surface area contributed by atoms with Crippen LogP contribution in [0.5, 0.6) is 0 Å². The van der Waals surface area contributed by atoms with E-state index < -0.39 is 9.84 Å². The van der Waals surface area contributed by atoms with Crippen molar-refractivity contribution in [3.05, 3.63) is 18.0 Å². The smallest absolute Gasteiger partial charge is 0.151 e. The van der Waals surface area contributed by atoms with Gasteiger partial charge in [-0.15, -0.1) is 0 Å². The van der Waals surface area contributed by atoms with Gasteiger partial charge in [-0.25, -0.2) is 8.42 Å². The van der Waals surface area contributed by atoms with E-state index in [4.69, 9.17) is 4.52 Å². The molecule has 1 aliphatic heterocycles. The topological polar surface area (TPSA) is 72.2 Å². The standard InChI is InChI=1S/C9H14N2O3S/c12-15(13)5-1-2-8(7-15)10-6-9-3-4-11-14-9/h3-4,8,10H,1-2,5-7H2. The quantitative estimate of drug-likeness (QED) is 0.810. The molecule has 0 saturated carbocycles. The van der Waals surface area contributed by atoms with Gasteiger partial charge in [0, 0.05) is 12.1 Å². The Morgan fingerprint density at radius 1 is 1.60 bits per heavy atom. The molecule has 1 unspecified atom stereocenters. The molecule has 84 valence electrons. The van der Waals surface area contributed by atoms with Gasteiger partial charge in [-0.3, -0.25) is 0 Å². The molecule has 1 aromatic rings. The lowest BCUT2D eigenvalue weighted by Gasteiger charge is -2.22. The molecule has 1 atom stereocenters. The summed E-state index contributed by atoms with van der Waals surface area (Å²) in [4.78, 5) is 0. The fraction of sp³-hybridized carbons (Fsp3) is 0.667. The van der Waals surface area contributed by atoms with E-state index in [1.807, 2.05) is 0 Å². The van der Waals surface area contributed by atoms with Crippen LogP contribution in [0.25, 0.3) is 0 Å². The predicted octanol–water partition coefficient (Wildman–Crippen LogP) is 0.341. The second-order valence-electron chi connectivity index (χ2n) is 3.81. The lowest BCUT2D eigenvalue weighted by molar-refractivity contribution is 0.360. The van der Waals surface area contributed by atoms with Gasteiger partial charge in [-0.05, 0) is 12.8 Å². The second-order valence-corrected chi connectivity index (χ2v) is 6.04. The van der Waals surface area contributed by atoms with Crippen molar-refractivity contribution in [3.8, 4) is 0 Å². The van der Waals surface area contributed by atoms with E-state index in [9.17, 15) is 8.42 Å². The van der Waals surface area contributed by atoms with Crippen molar-refractivity contribution in [1.82, 2.24) is 10.5 Å². The van der Waals surface area contributed by atoms with E-state index in [1.165, 1.54) is 0 Å². The van der Waals surface area contributed by atoms with Crippen LogP contribution in [0.3, 0.4) is 0 Å². The Labute approximate surface area is 88.8 Å². The molecule has 2 heterocycles. The molecule has 0 radical (unpaired) electrons. The highest BCUT2D eigenvalue weighted by molar-refractivity contribution is 7.91. The third-order valence-corrected chi connectivity index (χ3v) is 4.34. The van der Waals surface area contributed by atoms with Gasteiger partial charge >= 0.3 is 0 Å². The molecule has 5 nitrogen and oxygen atoms in total. The average molecular weight is 230 g/mol. The third kappa shape index (κ3) is 3.04. The lowest BCUT2D eigenvalue weighted by Crippen LogP contribution is -2.39. The minimum atomic E-state index is -2.83. The van der Waals surface area contributed by atoms with Crippen LogP contribution < -0.4 is 5.32 Å². The number of hydrogen-bond acceptors (Lipinski definition) is 5. The van der Waals surface area contributed by atoms with Crippen LogP contribution in [0.4, 0.5) is 0 Å². The first-order valence-corrected chi connectivity index (χ1v) is 6.81. The van der Waals surface area contributed by atoms with Crippen molar-refractivity contribution >= 4 is 9.84 Å². The van der Waals surface area contributed by atoms with Crippen molar-refractivity contribution in [1.29, 1.82) is 0 Å². The van der Waals surface area contributed by atoms with Crippen molar-refractivity contribution in [3.63, 3.8) is 0 Å². The van der Waals surface area contributed by atoms with Crippen LogP contribution in [0.2, 0.25) is 0 Å². The van der Waals surface area contributed by atoms with E-state index in [-0.39, 0.29) is 11.8 Å². The SMILES string of the molecule is O=S1(=O)CCCC(NCc2ccno2)C1. The summed E-state index contributed by atoms with van der Waals surface area (Å²) < 4.78 is 27.6. The van der Waals surface area contributed by atoms with Gasteiger partial charge in [-0.1, -0.05) is 5.16 Å². The van der Waals surface area contributed by atoms with Crippen LogP contribution in [0.15, 0.2) is 16.8 Å². The van der Waals surface area contributed by atoms with Gasteiger partial charge in [0.1, 0.15) is 5.76 Å². The van der Waals surface area contributed by atoms with Crippen LogP contribution in [-0.4, -0.2) is 31.1 Å². The van der Waals surface area contributed by atoms with Gasteiger partial charge < -0.3 is 9.84 Å². The maximum atomic E-state index is 11.3. The van der Waals surface area contributed by atoms with Crippen molar-refractivity contribution in [2.75, 3.05) is 11.5 Å². The first-order chi connectivity index (χ1) is 7.16. The Balaban J connectivity index is 1.85. The van der Waals surface area contributed by atoms with Crippen molar-refractivity contribution in [2.45, 2.75) is 25.4 Å². The molecular formula is C9H14N2O3S. The summed E-state index contributed by atoms with van der Waals surface area (Å²) in [5, 5.41) is 6.75. The first kappa shape index (κ1) is 10.6. The molecule has 1 fully saturated rings. The molecule has 1 aromatic heterocycles. The summed E-state index contributed by atoms with van der Waals surface area (Å²) in [6.45, 7) is 0.542. The summed E-state index contributed by atoms with van der Waals surface area (Å²) in [6, 6.07) is 1.82. The zero-order chi connectivity index (χ0) is 10.7. The molecule has 1 saturated heterocycles. The molecule has 1 aliphatic rings. The summed E-state index contributed by atoms with van der Waals surface area (Å²) in [5.41, 5.74) is 0. The molecule has 0 aliphatic carbocycles. The van der Waals surface area contributed by atoms with Crippen LogP contribution in [-0.2, 0) is 16.4 Å². The number of hydrogen-bond donors (Lipinski definition) is 1. The Morgan fingerprint density at radius 2 is 2.47 bits per heavy atom. The Bertz CT molecular complexity index is 399. The first-order valence-electron chi connectivity index (χ1n) is 4.99. The van der Waals surface area contributed by atoms with E-state index in [0.29, 0.717) is 12.3 Å². The van der Waals surface area contributed by atoms with E-state index in [1.54, 1.807) is 12.3 Å². The fourth-order valence-electron chi connectivity index (χ4n) is 1.76. The number of sulfone groups is 1. The number of aromatic nitrogens is 1. The number of nitrogens with zero attached hydrogens (tertiary/aromatic N) is 1. The van der Waals surface area contributed by atoms with E-state index in [2.05, 4.69) is 10.5 Å². The second kappa shape index (κ2) is 4.32. The molecule has 2 rings (SSSR count). The predicted molar refractivity (Wildman–Crippen MR) is 55.0 cm³/mol. The van der Waals surface area contributed by atoms with Crippen LogP contribution in [0.1, 0.15) is 18.6 Å². The minimum Gasteiger partial charge on any atom is -0.360 e. The number of nitrogens with one attached hydrogen (secondary N) is 1. The highest BCUT2D eigenvalue weighted by Gasteiger charge is 2.24. The lowest BCUT2D eigenvalue weighted by atomic mass is 10.2. The Kier molecular flexibility index (Phi) is 3.06. The summed E-state index contributed by atoms with van der Waals surface area (Å²) in [7, 11) is -2.83. The monoisotopic (exact) mass is 230 g/mol. The molecule has 0 bridgehead atoms. The minimum absolute atomic E-state index is 0.0499. The van der Waals surface area contributed by atoms with Gasteiger partial charge in [-0.2, -0.15) is 0 Å². The summed E-state index contributed by atoms with van der Waals surface area (Å²) in [6.07, 6.45) is 3.23. The van der Waals surface area contributed by atoms with Gasteiger partial charge in [0.25, 0.3) is 0 Å². The molecule has 0 aromatic carbocycles. The highest BCUT2D eigenvalue weighted by atomic mass is 32.2. The van der Waals surface area contributed by atoms with Crippen LogP contribution >= 0.6 is 0 Å². The van der Waals surface area contributed by atoms with Crippen molar-refractivity contribution < 1.29 is 12.9 Å². The molecule has 6 heteroatoms. The summed E-state index contributed by atoms with van der Waals surface area (Å²) >= 11 is 0. The van der Waals surface area contributed by atoms with Gasteiger partial charge in [0.2, 0.25) is 0 Å². The zero-order valence-electron chi connectivity index (χ0n) is 8.35. The molecule has 1 N–H and O–H groups in total. The van der Waals surface area contributed by atoms with Gasteiger partial charge in [0.15, 0.2) is 9.84 Å². The molecular weight excluding hydrogens is 216 g/mol. The average Bonchev–Trinajstić information content (AvgIpc) is 2.65. The normalized spacial score (nSPS) is 25.2. The maximum Gasteiger partial charge on any atom is 0.151 e. The van der Waals surface area contributed by atoms with Gasteiger partial charge in [0.05, 0.1) is 24.2 Å². The maximum absolute atomic E-state index is 11.3. The van der Waals surface area contributed by atoms with Crippen LogP contribution in [0, 0.1) is 0 Å². The summed E-state index contributed by atoms with van der Waals surface area (Å²) in [5.74, 6) is 1.30.